The molecule has 0 aliphatic heterocycles. The summed E-state index contributed by atoms with van der Waals surface area (Å²) >= 11 is 0. The molecule has 1 rings (SSSR count). The van der Waals surface area contributed by atoms with Crippen molar-refractivity contribution in [3.63, 3.8) is 0 Å². The van der Waals surface area contributed by atoms with Gasteiger partial charge in [-0.2, -0.15) is 0 Å². The highest BCUT2D eigenvalue weighted by Gasteiger charge is 2.27. The third-order valence-electron chi connectivity index (χ3n) is 3.45. The highest BCUT2D eigenvalue weighted by Crippen LogP contribution is 2.27. The van der Waals surface area contributed by atoms with E-state index < -0.39 is 6.10 Å². The molecule has 0 heterocycles. The molecule has 4 nitrogen and oxygen atoms in total. The van der Waals surface area contributed by atoms with Gasteiger partial charge in [0.1, 0.15) is 0 Å². The van der Waals surface area contributed by atoms with E-state index in [0.717, 1.165) is 13.0 Å². The van der Waals surface area contributed by atoms with Gasteiger partial charge in [0.15, 0.2) is 0 Å². The van der Waals surface area contributed by atoms with Crippen molar-refractivity contribution >= 4 is 0 Å². The van der Waals surface area contributed by atoms with E-state index in [9.17, 15) is 5.11 Å². The van der Waals surface area contributed by atoms with Crippen LogP contribution >= 0.6 is 0 Å². The Morgan fingerprint density at radius 1 is 1.40 bits per heavy atom. The Kier molecular flexibility index (Phi) is 5.53. The molecule has 3 unspecified atom stereocenters. The van der Waals surface area contributed by atoms with Crippen molar-refractivity contribution in [2.45, 2.75) is 37.8 Å². The molecule has 0 saturated heterocycles. The van der Waals surface area contributed by atoms with E-state index in [1.807, 2.05) is 7.05 Å². The van der Waals surface area contributed by atoms with E-state index in [2.05, 4.69) is 4.90 Å². The van der Waals surface area contributed by atoms with Crippen LogP contribution in [0.3, 0.4) is 0 Å². The van der Waals surface area contributed by atoms with Gasteiger partial charge in [-0.15, -0.1) is 0 Å². The van der Waals surface area contributed by atoms with Crippen LogP contribution in [0.25, 0.3) is 0 Å². The first-order valence-electron chi connectivity index (χ1n) is 5.88. The molecule has 1 aliphatic rings. The first kappa shape index (κ1) is 12.9. The van der Waals surface area contributed by atoms with Crippen molar-refractivity contribution in [2.75, 3.05) is 26.7 Å². The number of nitrogens with zero attached hydrogens (tertiary/aromatic N) is 1. The van der Waals surface area contributed by atoms with Crippen molar-refractivity contribution in [1.82, 2.24) is 4.90 Å². The Bertz CT molecular complexity index is 178. The van der Waals surface area contributed by atoms with Crippen LogP contribution < -0.4 is 5.73 Å². The smallest absolute Gasteiger partial charge is 0.0897 e. The number of hydrogen-bond acceptors (Lipinski definition) is 4. The molecular weight excluding hydrogens is 192 g/mol. The number of nitrogens with two attached hydrogens (primary N) is 1. The van der Waals surface area contributed by atoms with Crippen LogP contribution in [0.4, 0.5) is 0 Å². The minimum absolute atomic E-state index is 0.162. The van der Waals surface area contributed by atoms with Crippen LogP contribution in [-0.2, 0) is 0 Å². The minimum Gasteiger partial charge on any atom is -0.394 e. The molecule has 1 fully saturated rings. The van der Waals surface area contributed by atoms with Gasteiger partial charge in [0.05, 0.1) is 12.7 Å². The van der Waals surface area contributed by atoms with E-state index in [4.69, 9.17) is 10.8 Å². The molecule has 3 atom stereocenters. The fourth-order valence-corrected chi connectivity index (χ4v) is 2.57. The molecule has 0 aromatic rings. The zero-order valence-corrected chi connectivity index (χ0v) is 9.60. The average Bonchev–Trinajstić information content (AvgIpc) is 2.28. The molecule has 0 aromatic heterocycles. The third kappa shape index (κ3) is 3.72. The summed E-state index contributed by atoms with van der Waals surface area (Å²) in [5.41, 5.74) is 5.76. The fourth-order valence-electron chi connectivity index (χ4n) is 2.57. The summed E-state index contributed by atoms with van der Waals surface area (Å²) in [6, 6.07) is 0.477. The molecule has 90 valence electrons. The lowest BCUT2D eigenvalue weighted by Gasteiger charge is -2.38. The Hall–Kier alpha value is -0.160. The molecule has 4 N–H and O–H groups in total. The van der Waals surface area contributed by atoms with Gasteiger partial charge >= 0.3 is 0 Å². The minimum atomic E-state index is -0.629. The van der Waals surface area contributed by atoms with Gasteiger partial charge in [0.25, 0.3) is 0 Å². The maximum atomic E-state index is 9.40. The average molecular weight is 216 g/mol. The van der Waals surface area contributed by atoms with Crippen LogP contribution in [0, 0.1) is 5.92 Å². The standard InChI is InChI=1S/C11H24N2O2/c1-13(7-10(15)8-14)11-5-3-2-4-9(11)6-12/h9-11,14-15H,2-8,12H2,1H3. The summed E-state index contributed by atoms with van der Waals surface area (Å²) in [7, 11) is 2.01. The highest BCUT2D eigenvalue weighted by molar-refractivity contribution is 4.83. The van der Waals surface area contributed by atoms with Crippen molar-refractivity contribution in [3.05, 3.63) is 0 Å². The summed E-state index contributed by atoms with van der Waals surface area (Å²) in [5, 5.41) is 18.2. The number of hydrogen-bond donors (Lipinski definition) is 3. The quantitative estimate of drug-likeness (QED) is 0.595. The van der Waals surface area contributed by atoms with E-state index in [-0.39, 0.29) is 6.61 Å². The topological polar surface area (TPSA) is 69.7 Å². The first-order chi connectivity index (χ1) is 7.19. The van der Waals surface area contributed by atoms with E-state index in [1.54, 1.807) is 0 Å². The maximum Gasteiger partial charge on any atom is 0.0897 e. The fraction of sp³-hybridized carbons (Fsp3) is 1.00. The summed E-state index contributed by atoms with van der Waals surface area (Å²) in [5.74, 6) is 0.551. The Balaban J connectivity index is 2.44. The Morgan fingerprint density at radius 2 is 2.07 bits per heavy atom. The normalized spacial score (nSPS) is 29.4. The van der Waals surface area contributed by atoms with Crippen molar-refractivity contribution in [3.8, 4) is 0 Å². The summed E-state index contributed by atoms with van der Waals surface area (Å²) in [6.45, 7) is 1.10. The van der Waals surface area contributed by atoms with E-state index >= 15 is 0 Å². The lowest BCUT2D eigenvalue weighted by Crippen LogP contribution is -2.46. The van der Waals surface area contributed by atoms with Gasteiger partial charge < -0.3 is 20.8 Å². The van der Waals surface area contributed by atoms with Gasteiger partial charge in [0, 0.05) is 12.6 Å². The highest BCUT2D eigenvalue weighted by atomic mass is 16.3. The molecular formula is C11H24N2O2. The number of rotatable bonds is 5. The zero-order chi connectivity index (χ0) is 11.3. The molecule has 0 aromatic carbocycles. The Labute approximate surface area is 92.1 Å². The summed E-state index contributed by atoms with van der Waals surface area (Å²) < 4.78 is 0. The van der Waals surface area contributed by atoms with Crippen LogP contribution in [0.2, 0.25) is 0 Å². The molecule has 0 radical (unpaired) electrons. The predicted octanol–water partition coefficient (Wildman–Crippen LogP) is -0.211. The van der Waals surface area contributed by atoms with E-state index in [1.165, 1.54) is 19.3 Å². The second-order valence-corrected chi connectivity index (χ2v) is 4.62. The van der Waals surface area contributed by atoms with E-state index in [0.29, 0.717) is 18.5 Å². The van der Waals surface area contributed by atoms with Gasteiger partial charge in [-0.25, -0.2) is 0 Å². The molecule has 15 heavy (non-hydrogen) atoms. The second-order valence-electron chi connectivity index (χ2n) is 4.62. The number of aliphatic hydroxyl groups is 2. The monoisotopic (exact) mass is 216 g/mol. The molecule has 1 saturated carbocycles. The van der Waals surface area contributed by atoms with Crippen molar-refractivity contribution in [1.29, 1.82) is 0 Å². The van der Waals surface area contributed by atoms with Crippen molar-refractivity contribution in [2.24, 2.45) is 11.7 Å². The zero-order valence-electron chi connectivity index (χ0n) is 9.60. The first-order valence-corrected chi connectivity index (χ1v) is 5.88. The van der Waals surface area contributed by atoms with Crippen LogP contribution in [0.5, 0.6) is 0 Å². The van der Waals surface area contributed by atoms with Crippen molar-refractivity contribution < 1.29 is 10.2 Å². The SMILES string of the molecule is CN(CC(O)CO)C1CCCCC1CN. The lowest BCUT2D eigenvalue weighted by molar-refractivity contribution is 0.0361. The molecule has 0 spiro atoms. The second kappa shape index (κ2) is 6.43. The number of likely N-dealkylation sites (N-methyl/N-ethyl adjacent to an activating group) is 1. The van der Waals surface area contributed by atoms with Crippen LogP contribution in [-0.4, -0.2) is 54.0 Å². The van der Waals surface area contributed by atoms with Gasteiger partial charge in [-0.1, -0.05) is 12.8 Å². The van der Waals surface area contributed by atoms with Crippen LogP contribution in [0.15, 0.2) is 0 Å². The largest absolute Gasteiger partial charge is 0.394 e. The number of aliphatic hydroxyl groups excluding tert-OH is 2. The predicted molar refractivity (Wildman–Crippen MR) is 60.5 cm³/mol. The van der Waals surface area contributed by atoms with Gasteiger partial charge in [0.2, 0.25) is 0 Å². The Morgan fingerprint density at radius 3 is 2.67 bits per heavy atom. The van der Waals surface area contributed by atoms with Gasteiger partial charge in [-0.3, -0.25) is 0 Å². The lowest BCUT2D eigenvalue weighted by atomic mass is 9.83. The molecule has 0 bridgehead atoms. The third-order valence-corrected chi connectivity index (χ3v) is 3.45. The summed E-state index contributed by atoms with van der Waals surface area (Å²) in [6.07, 6.45) is 4.25. The maximum absolute atomic E-state index is 9.40. The molecule has 0 amide bonds. The molecule has 4 heteroatoms. The van der Waals surface area contributed by atoms with Gasteiger partial charge in [-0.05, 0) is 32.4 Å². The summed E-state index contributed by atoms with van der Waals surface area (Å²) in [4.78, 5) is 2.15. The van der Waals surface area contributed by atoms with Crippen LogP contribution in [0.1, 0.15) is 25.7 Å². The molecule has 1 aliphatic carbocycles.